The molecule has 0 aliphatic carbocycles. The minimum Gasteiger partial charge on any atom is -0.507 e. The number of aliphatic hydroxyl groups excluding tert-OH is 2. The monoisotopic (exact) mass is 544 g/mol. The molecule has 8 nitrogen and oxygen atoms in total. The molecule has 2 heterocycles. The SMILES string of the molecule is CC(O)CCCC1CC(CCCC(O)CC2CC(C)OC(c3ccccc3O)O2)OC(c2ccccc2O)O1. The maximum Gasteiger partial charge on any atom is 0.188 e. The molecule has 0 spiro atoms. The molecule has 8 atom stereocenters. The van der Waals surface area contributed by atoms with Gasteiger partial charge in [0.15, 0.2) is 12.6 Å². The molecule has 39 heavy (non-hydrogen) atoms. The van der Waals surface area contributed by atoms with Crippen LogP contribution in [-0.4, -0.2) is 57.0 Å². The van der Waals surface area contributed by atoms with Gasteiger partial charge in [0.1, 0.15) is 11.5 Å². The molecule has 4 N–H and O–H groups in total. The first kappa shape index (κ1) is 29.8. The van der Waals surface area contributed by atoms with E-state index in [0.717, 1.165) is 38.5 Å². The summed E-state index contributed by atoms with van der Waals surface area (Å²) in [5, 5.41) is 41.0. The molecule has 0 amide bonds. The van der Waals surface area contributed by atoms with E-state index < -0.39 is 18.7 Å². The summed E-state index contributed by atoms with van der Waals surface area (Å²) in [5.74, 6) is 0.285. The fraction of sp³-hybridized carbons (Fsp3) is 0.613. The predicted molar refractivity (Wildman–Crippen MR) is 146 cm³/mol. The first-order valence-electron chi connectivity index (χ1n) is 14.3. The average Bonchev–Trinajstić information content (AvgIpc) is 2.88. The predicted octanol–water partition coefficient (Wildman–Crippen LogP) is 5.64. The van der Waals surface area contributed by atoms with E-state index in [2.05, 4.69) is 0 Å². The molecule has 0 saturated carbocycles. The van der Waals surface area contributed by atoms with Crippen molar-refractivity contribution in [2.75, 3.05) is 0 Å². The van der Waals surface area contributed by atoms with Crippen LogP contribution in [0.25, 0.3) is 0 Å². The van der Waals surface area contributed by atoms with Crippen LogP contribution >= 0.6 is 0 Å². The summed E-state index contributed by atoms with van der Waals surface area (Å²) in [6, 6.07) is 14.1. The van der Waals surface area contributed by atoms with Crippen molar-refractivity contribution < 1.29 is 39.4 Å². The van der Waals surface area contributed by atoms with E-state index in [1.165, 1.54) is 0 Å². The molecule has 2 aliphatic rings. The molecule has 2 aromatic carbocycles. The molecule has 0 bridgehead atoms. The number of aromatic hydroxyl groups is 2. The second kappa shape index (κ2) is 14.4. The minimum atomic E-state index is -0.653. The minimum absolute atomic E-state index is 0.0273. The smallest absolute Gasteiger partial charge is 0.188 e. The zero-order valence-electron chi connectivity index (χ0n) is 23.0. The third-order valence-electron chi connectivity index (χ3n) is 7.55. The molecule has 2 fully saturated rings. The highest BCUT2D eigenvalue weighted by Gasteiger charge is 2.33. The third kappa shape index (κ3) is 8.90. The maximum absolute atomic E-state index is 10.8. The van der Waals surface area contributed by atoms with Crippen LogP contribution in [0.4, 0.5) is 0 Å². The number of hydrogen-bond donors (Lipinski definition) is 4. The highest BCUT2D eigenvalue weighted by atomic mass is 16.7. The molecule has 2 saturated heterocycles. The Kier molecular flexibility index (Phi) is 11.0. The summed E-state index contributed by atoms with van der Waals surface area (Å²) < 4.78 is 24.5. The zero-order valence-corrected chi connectivity index (χ0v) is 23.0. The lowest BCUT2D eigenvalue weighted by Gasteiger charge is -2.37. The lowest BCUT2D eigenvalue weighted by atomic mass is 9.96. The average molecular weight is 545 g/mol. The van der Waals surface area contributed by atoms with Crippen molar-refractivity contribution in [2.24, 2.45) is 0 Å². The molecule has 4 rings (SSSR count). The van der Waals surface area contributed by atoms with Crippen molar-refractivity contribution >= 4 is 0 Å². The van der Waals surface area contributed by atoms with Crippen LogP contribution in [0.1, 0.15) is 95.3 Å². The first-order chi connectivity index (χ1) is 18.8. The van der Waals surface area contributed by atoms with E-state index in [4.69, 9.17) is 18.9 Å². The number of rotatable bonds is 12. The second-order valence-electron chi connectivity index (χ2n) is 11.1. The summed E-state index contributed by atoms with van der Waals surface area (Å²) in [6.07, 6.45) is 4.00. The van der Waals surface area contributed by atoms with Gasteiger partial charge < -0.3 is 39.4 Å². The van der Waals surface area contributed by atoms with E-state index in [1.54, 1.807) is 37.3 Å². The van der Waals surface area contributed by atoms with Crippen LogP contribution in [0.5, 0.6) is 11.5 Å². The van der Waals surface area contributed by atoms with Gasteiger partial charge in [-0.15, -0.1) is 0 Å². The summed E-state index contributed by atoms with van der Waals surface area (Å²) in [7, 11) is 0. The molecule has 2 aliphatic heterocycles. The molecular weight excluding hydrogens is 500 g/mol. The number of benzene rings is 2. The van der Waals surface area contributed by atoms with Gasteiger partial charge in [0.05, 0.1) is 36.6 Å². The quantitative estimate of drug-likeness (QED) is 0.271. The Labute approximate surface area is 231 Å². The van der Waals surface area contributed by atoms with Crippen molar-refractivity contribution in [3.05, 3.63) is 59.7 Å². The van der Waals surface area contributed by atoms with Crippen LogP contribution in [-0.2, 0) is 18.9 Å². The molecule has 216 valence electrons. The van der Waals surface area contributed by atoms with Crippen LogP contribution in [0.2, 0.25) is 0 Å². The molecule has 8 unspecified atom stereocenters. The Morgan fingerprint density at radius 3 is 1.79 bits per heavy atom. The van der Waals surface area contributed by atoms with Crippen molar-refractivity contribution in [3.63, 3.8) is 0 Å². The topological polar surface area (TPSA) is 118 Å². The number of phenolic OH excluding ortho intramolecular Hbond substituents is 2. The summed E-state index contributed by atoms with van der Waals surface area (Å²) in [4.78, 5) is 0. The van der Waals surface area contributed by atoms with Crippen molar-refractivity contribution in [1.82, 2.24) is 0 Å². The lowest BCUT2D eigenvalue weighted by molar-refractivity contribution is -0.251. The summed E-state index contributed by atoms with van der Waals surface area (Å²) in [6.45, 7) is 3.78. The first-order valence-corrected chi connectivity index (χ1v) is 14.3. The van der Waals surface area contributed by atoms with Crippen molar-refractivity contribution in [1.29, 1.82) is 0 Å². The van der Waals surface area contributed by atoms with E-state index in [9.17, 15) is 20.4 Å². The van der Waals surface area contributed by atoms with Crippen LogP contribution in [0.3, 0.4) is 0 Å². The largest absolute Gasteiger partial charge is 0.507 e. The number of hydrogen-bond acceptors (Lipinski definition) is 8. The number of ether oxygens (including phenoxy) is 4. The Bertz CT molecular complexity index is 1010. The van der Waals surface area contributed by atoms with Crippen LogP contribution in [0.15, 0.2) is 48.5 Å². The second-order valence-corrected chi connectivity index (χ2v) is 11.1. The summed E-state index contributed by atoms with van der Waals surface area (Å²) in [5.41, 5.74) is 1.22. The molecule has 8 heteroatoms. The molecule has 0 radical (unpaired) electrons. The Hall–Kier alpha value is -2.20. The Balaban J connectivity index is 1.28. The van der Waals surface area contributed by atoms with Gasteiger partial charge in [-0.05, 0) is 77.3 Å². The van der Waals surface area contributed by atoms with Gasteiger partial charge in [0, 0.05) is 17.5 Å². The highest BCUT2D eigenvalue weighted by molar-refractivity contribution is 5.33. The van der Waals surface area contributed by atoms with Gasteiger partial charge in [-0.1, -0.05) is 36.4 Å². The van der Waals surface area contributed by atoms with Gasteiger partial charge in [-0.25, -0.2) is 0 Å². The Morgan fingerprint density at radius 2 is 1.23 bits per heavy atom. The number of para-hydroxylation sites is 2. The van der Waals surface area contributed by atoms with Crippen molar-refractivity contribution in [2.45, 2.75) is 121 Å². The molecule has 2 aromatic rings. The van der Waals surface area contributed by atoms with Gasteiger partial charge in [-0.3, -0.25) is 0 Å². The standard InChI is InChI=1S/C31H44O8/c1-20(32)9-7-11-23-19-24(38-31(37-23)27-14-4-6-16-29(27)35)12-8-10-22(33)18-25-17-21(2)36-30(39-25)26-13-3-5-15-28(26)34/h3-6,13-16,20-25,30-35H,7-12,17-19H2,1-2H3. The van der Waals surface area contributed by atoms with Gasteiger partial charge >= 0.3 is 0 Å². The molecular formula is C31H44O8. The normalized spacial score (nSPS) is 29.1. The van der Waals surface area contributed by atoms with E-state index in [0.29, 0.717) is 30.4 Å². The fourth-order valence-electron chi connectivity index (χ4n) is 5.52. The van der Waals surface area contributed by atoms with E-state index in [-0.39, 0.29) is 42.0 Å². The van der Waals surface area contributed by atoms with E-state index in [1.807, 2.05) is 25.1 Å². The third-order valence-corrected chi connectivity index (χ3v) is 7.55. The fourth-order valence-corrected chi connectivity index (χ4v) is 5.52. The van der Waals surface area contributed by atoms with Gasteiger partial charge in [0.2, 0.25) is 0 Å². The van der Waals surface area contributed by atoms with Crippen molar-refractivity contribution in [3.8, 4) is 11.5 Å². The van der Waals surface area contributed by atoms with Crippen LogP contribution in [0, 0.1) is 0 Å². The number of aliphatic hydroxyl groups is 2. The lowest BCUT2D eigenvalue weighted by Crippen LogP contribution is -2.35. The molecule has 0 aromatic heterocycles. The van der Waals surface area contributed by atoms with Gasteiger partial charge in [0.25, 0.3) is 0 Å². The zero-order chi connectivity index (χ0) is 27.8. The maximum atomic E-state index is 10.8. The Morgan fingerprint density at radius 1 is 0.718 bits per heavy atom. The number of phenols is 2. The highest BCUT2D eigenvalue weighted by Crippen LogP contribution is 2.38. The summed E-state index contributed by atoms with van der Waals surface area (Å²) >= 11 is 0. The van der Waals surface area contributed by atoms with Crippen LogP contribution < -0.4 is 0 Å². The van der Waals surface area contributed by atoms with E-state index >= 15 is 0 Å². The van der Waals surface area contributed by atoms with Gasteiger partial charge in [-0.2, -0.15) is 0 Å².